The molecule has 0 saturated carbocycles. The van der Waals surface area contributed by atoms with Gasteiger partial charge in [0.05, 0.1) is 10.5 Å². The first-order chi connectivity index (χ1) is 8.72. The van der Waals surface area contributed by atoms with Crippen molar-refractivity contribution in [2.24, 2.45) is 11.5 Å². The molecule has 0 heterocycles. The number of hydrogen-bond donors (Lipinski definition) is 2. The van der Waals surface area contributed by atoms with Crippen LogP contribution in [0.15, 0.2) is 29.2 Å². The predicted octanol–water partition coefficient (Wildman–Crippen LogP) is 1.67. The summed E-state index contributed by atoms with van der Waals surface area (Å²) in [5, 5.41) is 10.6. The number of benzene rings is 1. The van der Waals surface area contributed by atoms with Crippen molar-refractivity contribution in [3.05, 3.63) is 34.4 Å². The molecule has 1 rings (SSSR count). The van der Waals surface area contributed by atoms with Crippen molar-refractivity contribution in [1.82, 2.24) is 0 Å². The lowest BCUT2D eigenvalue weighted by Gasteiger charge is -2.24. The lowest BCUT2D eigenvalue weighted by molar-refractivity contribution is -0.384. The van der Waals surface area contributed by atoms with E-state index >= 15 is 0 Å². The molecular formula is C12H17N3O3S. The lowest BCUT2D eigenvalue weighted by atomic mass is 9.97. The molecule has 0 radical (unpaired) electrons. The summed E-state index contributed by atoms with van der Waals surface area (Å²) in [6.45, 7) is 3.53. The van der Waals surface area contributed by atoms with Gasteiger partial charge < -0.3 is 11.5 Å². The Kier molecular flexibility index (Phi) is 4.90. The third kappa shape index (κ3) is 4.53. The smallest absolute Gasteiger partial charge is 0.269 e. The van der Waals surface area contributed by atoms with Gasteiger partial charge in [-0.1, -0.05) is 6.92 Å². The molecule has 0 saturated heterocycles. The first-order valence-corrected chi connectivity index (χ1v) is 6.60. The lowest BCUT2D eigenvalue weighted by Crippen LogP contribution is -2.50. The van der Waals surface area contributed by atoms with Gasteiger partial charge in [-0.3, -0.25) is 14.9 Å². The molecule has 0 aliphatic carbocycles. The molecule has 0 aromatic heterocycles. The molecule has 104 valence electrons. The Morgan fingerprint density at radius 3 is 2.42 bits per heavy atom. The van der Waals surface area contributed by atoms with Crippen molar-refractivity contribution in [2.45, 2.75) is 36.0 Å². The fourth-order valence-electron chi connectivity index (χ4n) is 1.62. The minimum Gasteiger partial charge on any atom is -0.368 e. The van der Waals surface area contributed by atoms with Crippen LogP contribution in [-0.2, 0) is 4.79 Å². The normalized spacial score (nSPS) is 15.5. The molecule has 7 heteroatoms. The van der Waals surface area contributed by atoms with Crippen LogP contribution in [0.5, 0.6) is 0 Å². The monoisotopic (exact) mass is 283 g/mol. The SMILES string of the molecule is CC(CC(C)(N)C(N)=O)Sc1ccc([N+](=O)[O-])cc1. The fraction of sp³-hybridized carbons (Fsp3) is 0.417. The highest BCUT2D eigenvalue weighted by Gasteiger charge is 2.28. The maximum absolute atomic E-state index is 11.1. The number of primary amides is 1. The van der Waals surface area contributed by atoms with Crippen molar-refractivity contribution in [3.63, 3.8) is 0 Å². The zero-order valence-electron chi connectivity index (χ0n) is 10.8. The maximum Gasteiger partial charge on any atom is 0.269 e. The van der Waals surface area contributed by atoms with Crippen LogP contribution in [0.3, 0.4) is 0 Å². The van der Waals surface area contributed by atoms with Gasteiger partial charge >= 0.3 is 0 Å². The Hall–Kier alpha value is -1.60. The number of rotatable bonds is 6. The Morgan fingerprint density at radius 1 is 1.47 bits per heavy atom. The van der Waals surface area contributed by atoms with Crippen molar-refractivity contribution >= 4 is 23.4 Å². The van der Waals surface area contributed by atoms with Crippen LogP contribution < -0.4 is 11.5 Å². The first kappa shape index (κ1) is 15.5. The predicted molar refractivity (Wildman–Crippen MR) is 74.8 cm³/mol. The summed E-state index contributed by atoms with van der Waals surface area (Å²) in [4.78, 5) is 22.1. The molecular weight excluding hydrogens is 266 g/mol. The zero-order chi connectivity index (χ0) is 14.6. The number of carbonyl (C=O) groups is 1. The van der Waals surface area contributed by atoms with Crippen molar-refractivity contribution in [2.75, 3.05) is 0 Å². The summed E-state index contributed by atoms with van der Waals surface area (Å²) in [5.41, 5.74) is 10.0. The van der Waals surface area contributed by atoms with Gasteiger partial charge in [0.1, 0.15) is 0 Å². The van der Waals surface area contributed by atoms with Crippen LogP contribution in [0.4, 0.5) is 5.69 Å². The largest absolute Gasteiger partial charge is 0.368 e. The molecule has 0 spiro atoms. The van der Waals surface area contributed by atoms with Crippen LogP contribution in [0, 0.1) is 10.1 Å². The van der Waals surface area contributed by atoms with Gasteiger partial charge in [-0.2, -0.15) is 0 Å². The Balaban J connectivity index is 2.64. The number of hydrogen-bond acceptors (Lipinski definition) is 5. The fourth-order valence-corrected chi connectivity index (χ4v) is 2.81. The standard InChI is InChI=1S/C12H17N3O3S/c1-8(7-12(2,14)11(13)16)19-10-5-3-9(4-6-10)15(17)18/h3-6,8H,7,14H2,1-2H3,(H2,13,16). The van der Waals surface area contributed by atoms with E-state index in [0.29, 0.717) is 6.42 Å². The average molecular weight is 283 g/mol. The Morgan fingerprint density at radius 2 is 2.00 bits per heavy atom. The van der Waals surface area contributed by atoms with Crippen LogP contribution in [0.1, 0.15) is 20.3 Å². The van der Waals surface area contributed by atoms with Gasteiger partial charge in [-0.05, 0) is 25.5 Å². The van der Waals surface area contributed by atoms with E-state index in [1.807, 2.05) is 6.92 Å². The third-order valence-electron chi connectivity index (χ3n) is 2.66. The van der Waals surface area contributed by atoms with E-state index in [0.717, 1.165) is 4.90 Å². The van der Waals surface area contributed by atoms with E-state index < -0.39 is 16.4 Å². The molecule has 4 N–H and O–H groups in total. The topological polar surface area (TPSA) is 112 Å². The molecule has 1 aromatic carbocycles. The van der Waals surface area contributed by atoms with Crippen molar-refractivity contribution < 1.29 is 9.72 Å². The van der Waals surface area contributed by atoms with Crippen LogP contribution >= 0.6 is 11.8 Å². The Bertz CT molecular complexity index is 474. The highest BCUT2D eigenvalue weighted by atomic mass is 32.2. The van der Waals surface area contributed by atoms with E-state index in [2.05, 4.69) is 0 Å². The van der Waals surface area contributed by atoms with E-state index in [1.54, 1.807) is 19.1 Å². The van der Waals surface area contributed by atoms with Gasteiger partial charge in [0.2, 0.25) is 5.91 Å². The van der Waals surface area contributed by atoms with Crippen molar-refractivity contribution in [3.8, 4) is 0 Å². The number of amides is 1. The Labute approximate surface area is 115 Å². The van der Waals surface area contributed by atoms with Gasteiger partial charge in [0, 0.05) is 22.3 Å². The molecule has 0 bridgehead atoms. The molecule has 2 unspecified atom stereocenters. The average Bonchev–Trinajstić information content (AvgIpc) is 2.28. The summed E-state index contributed by atoms with van der Waals surface area (Å²) < 4.78 is 0. The summed E-state index contributed by atoms with van der Waals surface area (Å²) in [5.74, 6) is -0.538. The second kappa shape index (κ2) is 6.03. The molecule has 1 aromatic rings. The zero-order valence-corrected chi connectivity index (χ0v) is 11.6. The number of carbonyl (C=O) groups excluding carboxylic acids is 1. The van der Waals surface area contributed by atoms with Gasteiger partial charge in [-0.15, -0.1) is 11.8 Å². The summed E-state index contributed by atoms with van der Waals surface area (Å²) >= 11 is 1.50. The van der Waals surface area contributed by atoms with E-state index in [-0.39, 0.29) is 10.9 Å². The second-order valence-electron chi connectivity index (χ2n) is 4.67. The molecule has 0 aliphatic rings. The van der Waals surface area contributed by atoms with Gasteiger partial charge in [-0.25, -0.2) is 0 Å². The quantitative estimate of drug-likeness (QED) is 0.468. The number of nitrogens with two attached hydrogens (primary N) is 2. The van der Waals surface area contributed by atoms with Gasteiger partial charge in [0.15, 0.2) is 0 Å². The first-order valence-electron chi connectivity index (χ1n) is 5.72. The van der Waals surface area contributed by atoms with E-state index in [1.165, 1.54) is 23.9 Å². The number of non-ortho nitro benzene ring substituents is 1. The second-order valence-corrected chi connectivity index (χ2v) is 6.18. The van der Waals surface area contributed by atoms with Crippen LogP contribution in [-0.4, -0.2) is 21.6 Å². The van der Waals surface area contributed by atoms with E-state index in [9.17, 15) is 14.9 Å². The number of thioether (sulfide) groups is 1. The number of nitro groups is 1. The molecule has 0 fully saturated rings. The molecule has 6 nitrogen and oxygen atoms in total. The third-order valence-corrected chi connectivity index (χ3v) is 3.77. The maximum atomic E-state index is 11.1. The molecule has 0 aliphatic heterocycles. The number of nitro benzene ring substituents is 1. The summed E-state index contributed by atoms with van der Waals surface area (Å²) in [6.07, 6.45) is 0.435. The van der Waals surface area contributed by atoms with Crippen molar-refractivity contribution in [1.29, 1.82) is 0 Å². The molecule has 2 atom stereocenters. The highest BCUT2D eigenvalue weighted by molar-refractivity contribution is 7.99. The number of nitrogens with zero attached hydrogens (tertiary/aromatic N) is 1. The molecule has 1 amide bonds. The summed E-state index contributed by atoms with van der Waals surface area (Å²) in [6, 6.07) is 6.25. The summed E-state index contributed by atoms with van der Waals surface area (Å²) in [7, 11) is 0. The van der Waals surface area contributed by atoms with E-state index in [4.69, 9.17) is 11.5 Å². The molecule has 19 heavy (non-hydrogen) atoms. The minimum absolute atomic E-state index is 0.0535. The van der Waals surface area contributed by atoms with Crippen LogP contribution in [0.25, 0.3) is 0 Å². The van der Waals surface area contributed by atoms with Gasteiger partial charge in [0.25, 0.3) is 5.69 Å². The highest BCUT2D eigenvalue weighted by Crippen LogP contribution is 2.29. The van der Waals surface area contributed by atoms with Crippen LogP contribution in [0.2, 0.25) is 0 Å². The minimum atomic E-state index is -1.05.